The van der Waals surface area contributed by atoms with E-state index in [1.165, 1.54) is 30.4 Å². The van der Waals surface area contributed by atoms with Crippen LogP contribution in [-0.2, 0) is 11.3 Å². The SMILES string of the molecule is Cc1cc2cc(CN(C[C@H]3CCCO3)[C@@H](c3nnnn3C3CCCCC3)C(C)C)c(=O)[nH]c2cc1C. The van der Waals surface area contributed by atoms with Crippen LogP contribution in [0.2, 0.25) is 0 Å². The highest BCUT2D eigenvalue weighted by molar-refractivity contribution is 5.80. The van der Waals surface area contributed by atoms with Crippen molar-refractivity contribution in [2.75, 3.05) is 13.2 Å². The van der Waals surface area contributed by atoms with Gasteiger partial charge in [-0.15, -0.1) is 5.10 Å². The number of fused-ring (bicyclic) bond motifs is 1. The lowest BCUT2D eigenvalue weighted by Gasteiger charge is -2.36. The second-order valence-corrected chi connectivity index (χ2v) is 11.2. The molecule has 5 rings (SSSR count). The van der Waals surface area contributed by atoms with E-state index in [1.807, 2.05) is 0 Å². The Morgan fingerprint density at radius 1 is 1.08 bits per heavy atom. The fraction of sp³-hybridized carbons (Fsp3) is 0.643. The van der Waals surface area contributed by atoms with Crippen LogP contribution in [0.4, 0.5) is 0 Å². The molecule has 1 aromatic carbocycles. The second kappa shape index (κ2) is 10.8. The van der Waals surface area contributed by atoms with Crippen LogP contribution in [0.3, 0.4) is 0 Å². The van der Waals surface area contributed by atoms with Crippen molar-refractivity contribution in [3.63, 3.8) is 0 Å². The molecule has 1 aliphatic heterocycles. The van der Waals surface area contributed by atoms with E-state index in [4.69, 9.17) is 4.74 Å². The van der Waals surface area contributed by atoms with Crippen molar-refractivity contribution < 1.29 is 4.74 Å². The molecule has 0 radical (unpaired) electrons. The molecular formula is C28H40N6O2. The smallest absolute Gasteiger partial charge is 0.252 e. The first-order valence-electron chi connectivity index (χ1n) is 13.7. The van der Waals surface area contributed by atoms with Gasteiger partial charge in [0, 0.05) is 30.8 Å². The lowest BCUT2D eigenvalue weighted by atomic mass is 9.94. The molecule has 2 aromatic heterocycles. The van der Waals surface area contributed by atoms with Gasteiger partial charge in [-0.3, -0.25) is 9.69 Å². The maximum absolute atomic E-state index is 13.2. The quantitative estimate of drug-likeness (QED) is 0.475. The number of rotatable bonds is 8. The van der Waals surface area contributed by atoms with E-state index in [2.05, 4.69) is 76.0 Å². The zero-order valence-electron chi connectivity index (χ0n) is 22.2. The van der Waals surface area contributed by atoms with Gasteiger partial charge in [0.1, 0.15) is 0 Å². The van der Waals surface area contributed by atoms with E-state index < -0.39 is 0 Å². The Balaban J connectivity index is 1.52. The Morgan fingerprint density at radius 2 is 1.86 bits per heavy atom. The van der Waals surface area contributed by atoms with Crippen LogP contribution in [0.1, 0.15) is 93.4 Å². The van der Waals surface area contributed by atoms with E-state index in [0.29, 0.717) is 12.6 Å². The molecule has 36 heavy (non-hydrogen) atoms. The summed E-state index contributed by atoms with van der Waals surface area (Å²) >= 11 is 0. The van der Waals surface area contributed by atoms with Crippen molar-refractivity contribution in [2.24, 2.45) is 5.92 Å². The summed E-state index contributed by atoms with van der Waals surface area (Å²) in [4.78, 5) is 18.8. The molecule has 1 N–H and O–H groups in total. The summed E-state index contributed by atoms with van der Waals surface area (Å²) in [6.45, 7) is 10.7. The molecule has 2 fully saturated rings. The molecule has 0 amide bonds. The minimum absolute atomic E-state index is 0.0130. The van der Waals surface area contributed by atoms with Gasteiger partial charge in [0.05, 0.1) is 18.2 Å². The third kappa shape index (κ3) is 5.25. The number of nitrogens with zero attached hydrogens (tertiary/aromatic N) is 5. The van der Waals surface area contributed by atoms with Gasteiger partial charge >= 0.3 is 0 Å². The van der Waals surface area contributed by atoms with Crippen molar-refractivity contribution >= 4 is 10.9 Å². The van der Waals surface area contributed by atoms with Gasteiger partial charge in [-0.2, -0.15) is 0 Å². The van der Waals surface area contributed by atoms with Crippen LogP contribution >= 0.6 is 0 Å². The summed E-state index contributed by atoms with van der Waals surface area (Å²) in [5, 5.41) is 14.3. The minimum atomic E-state index is -0.0301. The highest BCUT2D eigenvalue weighted by Crippen LogP contribution is 2.34. The number of aryl methyl sites for hydroxylation is 2. The van der Waals surface area contributed by atoms with Crippen molar-refractivity contribution in [3.8, 4) is 0 Å². The van der Waals surface area contributed by atoms with Gasteiger partial charge in [-0.25, -0.2) is 4.68 Å². The van der Waals surface area contributed by atoms with Crippen LogP contribution < -0.4 is 5.56 Å². The fourth-order valence-electron chi connectivity index (χ4n) is 6.05. The Morgan fingerprint density at radius 3 is 2.58 bits per heavy atom. The first-order valence-corrected chi connectivity index (χ1v) is 13.7. The van der Waals surface area contributed by atoms with E-state index in [-0.39, 0.29) is 23.6 Å². The summed E-state index contributed by atoms with van der Waals surface area (Å²) in [6.07, 6.45) is 8.27. The van der Waals surface area contributed by atoms with Crippen LogP contribution in [-0.4, -0.2) is 49.3 Å². The lowest BCUT2D eigenvalue weighted by Crippen LogP contribution is -2.40. The molecule has 1 saturated carbocycles. The number of hydrogen-bond acceptors (Lipinski definition) is 6. The Bertz CT molecular complexity index is 1240. The topological polar surface area (TPSA) is 88.9 Å². The maximum Gasteiger partial charge on any atom is 0.252 e. The Labute approximate surface area is 213 Å². The summed E-state index contributed by atoms with van der Waals surface area (Å²) in [6, 6.07) is 6.63. The average molecular weight is 493 g/mol. The van der Waals surface area contributed by atoms with Gasteiger partial charge in [0.2, 0.25) is 0 Å². The number of aromatic amines is 1. The normalized spacial score (nSPS) is 20.1. The minimum Gasteiger partial charge on any atom is -0.377 e. The van der Waals surface area contributed by atoms with Crippen molar-refractivity contribution in [2.45, 2.75) is 97.4 Å². The largest absolute Gasteiger partial charge is 0.377 e. The number of ether oxygens (including phenoxy) is 1. The number of tetrazole rings is 1. The van der Waals surface area contributed by atoms with Gasteiger partial charge in [-0.1, -0.05) is 33.1 Å². The van der Waals surface area contributed by atoms with Crippen molar-refractivity contribution in [3.05, 3.63) is 51.1 Å². The molecule has 2 aliphatic rings. The van der Waals surface area contributed by atoms with Gasteiger partial charge in [-0.05, 0) is 90.6 Å². The molecule has 3 heterocycles. The predicted molar refractivity (Wildman–Crippen MR) is 141 cm³/mol. The summed E-state index contributed by atoms with van der Waals surface area (Å²) in [5.41, 5.74) is 4.03. The zero-order valence-corrected chi connectivity index (χ0v) is 22.2. The predicted octanol–water partition coefficient (Wildman–Crippen LogP) is 5.01. The zero-order chi connectivity index (χ0) is 25.2. The standard InChI is InChI=1S/C28H40N6O2/c1-18(2)26(27-30-31-32-34(27)23-9-6-5-7-10-23)33(17-24-11-8-12-36-24)16-22-15-21-13-19(3)20(4)14-25(21)29-28(22)35/h13-15,18,23-24,26H,5-12,16-17H2,1-4H3,(H,29,35)/t24-,26-/m1/s1. The van der Waals surface area contributed by atoms with Gasteiger partial charge in [0.25, 0.3) is 5.56 Å². The number of benzene rings is 1. The maximum atomic E-state index is 13.2. The third-order valence-electron chi connectivity index (χ3n) is 8.10. The van der Waals surface area contributed by atoms with Gasteiger partial charge in [0.15, 0.2) is 5.82 Å². The fourth-order valence-corrected chi connectivity index (χ4v) is 6.05. The van der Waals surface area contributed by atoms with Crippen LogP contribution in [0, 0.1) is 19.8 Å². The first-order chi connectivity index (χ1) is 17.4. The molecule has 8 heteroatoms. The van der Waals surface area contributed by atoms with Crippen LogP contribution in [0.5, 0.6) is 0 Å². The summed E-state index contributed by atoms with van der Waals surface area (Å²) in [7, 11) is 0. The second-order valence-electron chi connectivity index (χ2n) is 11.2. The number of H-pyrrole nitrogens is 1. The molecule has 0 bridgehead atoms. The molecule has 0 unspecified atom stereocenters. The van der Waals surface area contributed by atoms with E-state index in [0.717, 1.165) is 61.1 Å². The molecular weight excluding hydrogens is 452 g/mol. The van der Waals surface area contributed by atoms with Crippen molar-refractivity contribution in [1.82, 2.24) is 30.1 Å². The Hall–Kier alpha value is -2.58. The summed E-state index contributed by atoms with van der Waals surface area (Å²) in [5.74, 6) is 1.18. The van der Waals surface area contributed by atoms with E-state index >= 15 is 0 Å². The van der Waals surface area contributed by atoms with Crippen LogP contribution in [0.15, 0.2) is 23.0 Å². The number of pyridine rings is 1. The highest BCUT2D eigenvalue weighted by Gasteiger charge is 2.34. The molecule has 1 aliphatic carbocycles. The molecule has 1 saturated heterocycles. The van der Waals surface area contributed by atoms with E-state index in [9.17, 15) is 4.79 Å². The highest BCUT2D eigenvalue weighted by atomic mass is 16.5. The molecule has 0 spiro atoms. The number of hydrogen-bond donors (Lipinski definition) is 1. The monoisotopic (exact) mass is 492 g/mol. The molecule has 194 valence electrons. The van der Waals surface area contributed by atoms with E-state index in [1.54, 1.807) is 0 Å². The molecule has 3 aromatic rings. The van der Waals surface area contributed by atoms with Crippen molar-refractivity contribution in [1.29, 1.82) is 0 Å². The average Bonchev–Trinajstić information content (AvgIpc) is 3.54. The number of nitrogens with one attached hydrogen (secondary N) is 1. The third-order valence-corrected chi connectivity index (χ3v) is 8.10. The number of aromatic nitrogens is 5. The first kappa shape index (κ1) is 25.1. The molecule has 8 nitrogen and oxygen atoms in total. The van der Waals surface area contributed by atoms with Gasteiger partial charge < -0.3 is 9.72 Å². The lowest BCUT2D eigenvalue weighted by molar-refractivity contribution is 0.0375. The Kier molecular flexibility index (Phi) is 7.53. The summed E-state index contributed by atoms with van der Waals surface area (Å²) < 4.78 is 8.14. The molecule has 2 atom stereocenters. The van der Waals surface area contributed by atoms with Crippen LogP contribution in [0.25, 0.3) is 10.9 Å².